The first kappa shape index (κ1) is 18.7. The van der Waals surface area contributed by atoms with Crippen molar-refractivity contribution < 1.29 is 9.90 Å². The van der Waals surface area contributed by atoms with Crippen LogP contribution in [0.25, 0.3) is 0 Å². The van der Waals surface area contributed by atoms with Crippen LogP contribution in [-0.4, -0.2) is 85.3 Å². The maximum Gasteiger partial charge on any atom is 0.321 e. The molecule has 1 aromatic rings. The molecule has 0 aliphatic carbocycles. The Labute approximate surface area is 145 Å². The molecular formula is C18H30N4O2. The zero-order chi connectivity index (χ0) is 17.5. The molecule has 0 bridgehead atoms. The number of hydrogen-bond acceptors (Lipinski definition) is 4. The largest absolute Gasteiger partial charge is 0.390 e. The molecule has 1 atom stereocenters. The molecule has 1 aromatic carbocycles. The van der Waals surface area contributed by atoms with E-state index in [2.05, 4.69) is 29.1 Å². The maximum atomic E-state index is 12.3. The summed E-state index contributed by atoms with van der Waals surface area (Å²) >= 11 is 0. The highest BCUT2D eigenvalue weighted by atomic mass is 16.3. The number of carbonyl (C=O) groups is 1. The van der Waals surface area contributed by atoms with E-state index in [0.29, 0.717) is 13.1 Å². The summed E-state index contributed by atoms with van der Waals surface area (Å²) in [6.45, 7) is 7.00. The number of piperazine rings is 1. The van der Waals surface area contributed by atoms with Crippen molar-refractivity contribution in [1.29, 1.82) is 0 Å². The van der Waals surface area contributed by atoms with Crippen molar-refractivity contribution in [2.24, 2.45) is 0 Å². The number of hydrogen-bond donors (Lipinski definition) is 2. The van der Waals surface area contributed by atoms with E-state index in [1.807, 2.05) is 24.3 Å². The number of nitrogens with one attached hydrogen (secondary N) is 1. The average Bonchev–Trinajstić information content (AvgIpc) is 2.57. The molecule has 0 saturated carbocycles. The van der Waals surface area contributed by atoms with Gasteiger partial charge in [-0.15, -0.1) is 0 Å². The highest BCUT2D eigenvalue weighted by Gasteiger charge is 2.19. The number of rotatable bonds is 6. The van der Waals surface area contributed by atoms with Gasteiger partial charge in [0, 0.05) is 52.0 Å². The third kappa shape index (κ3) is 5.78. The van der Waals surface area contributed by atoms with Crippen LogP contribution in [0.5, 0.6) is 0 Å². The third-order valence-corrected chi connectivity index (χ3v) is 4.48. The predicted octanol–water partition coefficient (Wildman–Crippen LogP) is 1.32. The van der Waals surface area contributed by atoms with Gasteiger partial charge in [0.15, 0.2) is 0 Å². The van der Waals surface area contributed by atoms with Gasteiger partial charge in [-0.1, -0.05) is 19.1 Å². The number of amides is 2. The van der Waals surface area contributed by atoms with Crippen LogP contribution in [-0.2, 0) is 6.42 Å². The van der Waals surface area contributed by atoms with Crippen LogP contribution < -0.4 is 5.32 Å². The Morgan fingerprint density at radius 3 is 2.71 bits per heavy atom. The number of likely N-dealkylation sites (N-methyl/N-ethyl adjacent to an activating group) is 2. The monoisotopic (exact) mass is 334 g/mol. The zero-order valence-electron chi connectivity index (χ0n) is 15.0. The Balaban J connectivity index is 1.77. The average molecular weight is 334 g/mol. The summed E-state index contributed by atoms with van der Waals surface area (Å²) in [6.07, 6.45) is 0.398. The fourth-order valence-electron chi connectivity index (χ4n) is 2.87. The summed E-state index contributed by atoms with van der Waals surface area (Å²) < 4.78 is 0. The lowest BCUT2D eigenvalue weighted by Gasteiger charge is -2.34. The molecule has 6 heteroatoms. The SMILES string of the molecule is CCc1cccc(NC(=O)N(C)CC(O)CN2CCN(C)CC2)c1. The highest BCUT2D eigenvalue weighted by Crippen LogP contribution is 2.12. The molecule has 1 unspecified atom stereocenters. The Hall–Kier alpha value is -1.63. The number of β-amino-alcohol motifs (C(OH)–C–C–N with tert-alkyl or cyclic N) is 1. The van der Waals surface area contributed by atoms with Gasteiger partial charge in [-0.05, 0) is 31.2 Å². The van der Waals surface area contributed by atoms with Crippen molar-refractivity contribution in [2.75, 3.05) is 58.7 Å². The van der Waals surface area contributed by atoms with Crippen molar-refractivity contribution in [3.05, 3.63) is 29.8 Å². The number of aliphatic hydroxyl groups is 1. The topological polar surface area (TPSA) is 59.1 Å². The van der Waals surface area contributed by atoms with Crippen LogP contribution in [0.1, 0.15) is 12.5 Å². The van der Waals surface area contributed by atoms with E-state index in [9.17, 15) is 9.90 Å². The molecule has 1 saturated heterocycles. The quantitative estimate of drug-likeness (QED) is 0.824. The predicted molar refractivity (Wildman–Crippen MR) is 97.4 cm³/mol. The fraction of sp³-hybridized carbons (Fsp3) is 0.611. The van der Waals surface area contributed by atoms with E-state index in [0.717, 1.165) is 38.3 Å². The molecule has 0 spiro atoms. The van der Waals surface area contributed by atoms with Gasteiger partial charge in [0.05, 0.1) is 6.10 Å². The fourth-order valence-corrected chi connectivity index (χ4v) is 2.87. The zero-order valence-corrected chi connectivity index (χ0v) is 15.0. The minimum atomic E-state index is -0.536. The summed E-state index contributed by atoms with van der Waals surface area (Å²) in [5.41, 5.74) is 1.98. The number of urea groups is 1. The van der Waals surface area contributed by atoms with Gasteiger partial charge in [-0.25, -0.2) is 4.79 Å². The summed E-state index contributed by atoms with van der Waals surface area (Å²) in [6, 6.07) is 7.65. The smallest absolute Gasteiger partial charge is 0.321 e. The van der Waals surface area contributed by atoms with Crippen molar-refractivity contribution in [1.82, 2.24) is 14.7 Å². The molecule has 134 valence electrons. The Bertz CT molecular complexity index is 530. The minimum absolute atomic E-state index is 0.194. The minimum Gasteiger partial charge on any atom is -0.390 e. The molecule has 24 heavy (non-hydrogen) atoms. The molecule has 2 rings (SSSR count). The van der Waals surface area contributed by atoms with Crippen LogP contribution in [0.15, 0.2) is 24.3 Å². The first-order valence-electron chi connectivity index (χ1n) is 8.68. The van der Waals surface area contributed by atoms with Crippen LogP contribution in [0.3, 0.4) is 0 Å². The summed E-state index contributed by atoms with van der Waals surface area (Å²) in [7, 11) is 3.83. The second-order valence-electron chi connectivity index (χ2n) is 6.62. The van der Waals surface area contributed by atoms with E-state index in [4.69, 9.17) is 0 Å². The van der Waals surface area contributed by atoms with Gasteiger partial charge in [-0.2, -0.15) is 0 Å². The second-order valence-corrected chi connectivity index (χ2v) is 6.62. The van der Waals surface area contributed by atoms with Crippen molar-refractivity contribution >= 4 is 11.7 Å². The third-order valence-electron chi connectivity index (χ3n) is 4.48. The van der Waals surface area contributed by atoms with Crippen molar-refractivity contribution in [3.8, 4) is 0 Å². The van der Waals surface area contributed by atoms with E-state index >= 15 is 0 Å². The van der Waals surface area contributed by atoms with Crippen LogP contribution in [0.2, 0.25) is 0 Å². The molecule has 6 nitrogen and oxygen atoms in total. The van der Waals surface area contributed by atoms with Crippen LogP contribution >= 0.6 is 0 Å². The van der Waals surface area contributed by atoms with E-state index < -0.39 is 6.10 Å². The summed E-state index contributed by atoms with van der Waals surface area (Å²) in [5, 5.41) is 13.1. The lowest BCUT2D eigenvalue weighted by atomic mass is 10.1. The van der Waals surface area contributed by atoms with Gasteiger partial charge in [0.2, 0.25) is 0 Å². The lowest BCUT2D eigenvalue weighted by molar-refractivity contribution is 0.0670. The van der Waals surface area contributed by atoms with E-state index in [1.165, 1.54) is 5.56 Å². The molecule has 2 amide bonds. The molecular weight excluding hydrogens is 304 g/mol. The molecule has 1 fully saturated rings. The number of anilines is 1. The summed E-state index contributed by atoms with van der Waals surface area (Å²) in [4.78, 5) is 18.3. The normalized spacial score (nSPS) is 17.5. The maximum absolute atomic E-state index is 12.3. The number of aryl methyl sites for hydroxylation is 1. The first-order chi connectivity index (χ1) is 11.5. The van der Waals surface area contributed by atoms with E-state index in [-0.39, 0.29) is 6.03 Å². The molecule has 1 aliphatic rings. The number of benzene rings is 1. The second kappa shape index (κ2) is 9.01. The van der Waals surface area contributed by atoms with Crippen molar-refractivity contribution in [2.45, 2.75) is 19.4 Å². The number of aliphatic hydroxyl groups excluding tert-OH is 1. The van der Waals surface area contributed by atoms with Gasteiger partial charge in [0.1, 0.15) is 0 Å². The molecule has 0 radical (unpaired) electrons. The number of nitrogens with zero attached hydrogens (tertiary/aromatic N) is 3. The lowest BCUT2D eigenvalue weighted by Crippen LogP contribution is -2.49. The van der Waals surface area contributed by atoms with Crippen LogP contribution in [0, 0.1) is 0 Å². The Kier molecular flexibility index (Phi) is 7.02. The molecule has 1 aliphatic heterocycles. The standard InChI is InChI=1S/C18H30N4O2/c1-4-15-6-5-7-16(12-15)19-18(24)21(3)13-17(23)14-22-10-8-20(2)9-11-22/h5-7,12,17,23H,4,8-11,13-14H2,1-3H3,(H,19,24). The van der Waals surface area contributed by atoms with Gasteiger partial charge in [-0.3, -0.25) is 4.90 Å². The van der Waals surface area contributed by atoms with Gasteiger partial charge < -0.3 is 20.2 Å². The molecule has 1 heterocycles. The summed E-state index contributed by atoms with van der Waals surface area (Å²) in [5.74, 6) is 0. The van der Waals surface area contributed by atoms with Crippen LogP contribution in [0.4, 0.5) is 10.5 Å². The van der Waals surface area contributed by atoms with E-state index in [1.54, 1.807) is 11.9 Å². The molecule has 2 N–H and O–H groups in total. The van der Waals surface area contributed by atoms with Crippen molar-refractivity contribution in [3.63, 3.8) is 0 Å². The first-order valence-corrected chi connectivity index (χ1v) is 8.68. The van der Waals surface area contributed by atoms with Gasteiger partial charge >= 0.3 is 6.03 Å². The molecule has 0 aromatic heterocycles. The highest BCUT2D eigenvalue weighted by molar-refractivity contribution is 5.89. The number of carbonyl (C=O) groups excluding carboxylic acids is 1. The Morgan fingerprint density at radius 1 is 1.33 bits per heavy atom. The van der Waals surface area contributed by atoms with Gasteiger partial charge in [0.25, 0.3) is 0 Å². The Morgan fingerprint density at radius 2 is 2.04 bits per heavy atom.